The largest absolute Gasteiger partial charge is 0.501 e. The predicted molar refractivity (Wildman–Crippen MR) is 111 cm³/mol. The molecule has 7 nitrogen and oxygen atoms in total. The molecule has 2 aliphatic heterocycles. The van der Waals surface area contributed by atoms with E-state index in [2.05, 4.69) is 17.5 Å². The topological polar surface area (TPSA) is 96.7 Å². The maximum Gasteiger partial charge on any atom is 0.290 e. The fourth-order valence-electron chi connectivity index (χ4n) is 5.26. The van der Waals surface area contributed by atoms with Gasteiger partial charge in [-0.2, -0.15) is 5.26 Å². The van der Waals surface area contributed by atoms with Crippen molar-refractivity contribution in [3.8, 4) is 6.07 Å². The fourth-order valence-corrected chi connectivity index (χ4v) is 5.26. The van der Waals surface area contributed by atoms with E-state index in [9.17, 15) is 20.0 Å². The zero-order chi connectivity index (χ0) is 21.6. The SMILES string of the molecule is Cc1cc(C#N)cc(C2(CC3NC(=O)C(O)=C4C(=O)N(C)[C@@H](C)CN43)CCCC2)c1. The normalized spacial score (nSPS) is 25.8. The molecule has 0 bridgehead atoms. The maximum atomic E-state index is 12.8. The molecule has 1 aromatic carbocycles. The van der Waals surface area contributed by atoms with Gasteiger partial charge in [-0.15, -0.1) is 0 Å². The highest BCUT2D eigenvalue weighted by atomic mass is 16.3. The lowest BCUT2D eigenvalue weighted by molar-refractivity contribution is -0.138. The third-order valence-corrected chi connectivity index (χ3v) is 7.01. The monoisotopic (exact) mass is 408 g/mol. The van der Waals surface area contributed by atoms with Crippen molar-refractivity contribution in [1.82, 2.24) is 15.1 Å². The molecule has 2 amide bonds. The van der Waals surface area contributed by atoms with Gasteiger partial charge in [-0.1, -0.05) is 18.9 Å². The first-order chi connectivity index (χ1) is 14.3. The Morgan fingerprint density at radius 1 is 1.27 bits per heavy atom. The van der Waals surface area contributed by atoms with Crippen LogP contribution < -0.4 is 5.32 Å². The molecule has 1 aliphatic carbocycles. The average molecular weight is 409 g/mol. The number of aryl methyl sites for hydroxylation is 1. The van der Waals surface area contributed by atoms with Crippen LogP contribution in [0.4, 0.5) is 0 Å². The maximum absolute atomic E-state index is 12.8. The first kappa shape index (κ1) is 20.3. The van der Waals surface area contributed by atoms with Crippen molar-refractivity contribution in [2.45, 2.75) is 63.6 Å². The highest BCUT2D eigenvalue weighted by molar-refractivity contribution is 6.04. The zero-order valence-corrected chi connectivity index (χ0v) is 17.7. The van der Waals surface area contributed by atoms with Gasteiger partial charge < -0.3 is 20.2 Å². The van der Waals surface area contributed by atoms with Crippen LogP contribution in [-0.2, 0) is 15.0 Å². The Labute approximate surface area is 177 Å². The van der Waals surface area contributed by atoms with Crippen molar-refractivity contribution >= 4 is 11.8 Å². The van der Waals surface area contributed by atoms with Crippen LogP contribution in [0.3, 0.4) is 0 Å². The van der Waals surface area contributed by atoms with Crippen molar-refractivity contribution < 1.29 is 14.7 Å². The molecule has 0 radical (unpaired) electrons. The van der Waals surface area contributed by atoms with Crippen molar-refractivity contribution in [2.24, 2.45) is 0 Å². The number of fused-ring (bicyclic) bond motifs is 1. The second-order valence-corrected chi connectivity index (χ2v) is 8.99. The van der Waals surface area contributed by atoms with E-state index < -0.39 is 11.7 Å². The van der Waals surface area contributed by atoms with Gasteiger partial charge in [-0.3, -0.25) is 9.59 Å². The number of carbonyl (C=O) groups excluding carboxylic acids is 2. The molecule has 158 valence electrons. The molecule has 7 heteroatoms. The highest BCUT2D eigenvalue weighted by Gasteiger charge is 2.47. The number of rotatable bonds is 3. The van der Waals surface area contributed by atoms with E-state index in [1.807, 2.05) is 30.9 Å². The van der Waals surface area contributed by atoms with E-state index in [0.29, 0.717) is 18.5 Å². The smallest absolute Gasteiger partial charge is 0.290 e. The van der Waals surface area contributed by atoms with Gasteiger partial charge in [0, 0.05) is 19.6 Å². The lowest BCUT2D eigenvalue weighted by atomic mass is 9.74. The molecule has 0 spiro atoms. The number of nitriles is 1. The molecule has 2 heterocycles. The summed E-state index contributed by atoms with van der Waals surface area (Å²) in [5.74, 6) is -1.43. The minimum absolute atomic E-state index is 0.0322. The second kappa shape index (κ2) is 7.35. The quantitative estimate of drug-likeness (QED) is 0.801. The molecule has 1 saturated heterocycles. The van der Waals surface area contributed by atoms with Gasteiger partial charge in [0.05, 0.1) is 11.6 Å². The standard InChI is InChI=1S/C23H28N4O3/c1-14-8-16(12-24)10-17(9-14)23(6-4-5-7-23)11-18-25-21(29)20(28)19-22(30)26(3)15(2)13-27(18)19/h8-10,15,18,28H,4-7,11,13H2,1-3H3,(H,25,29)/t15-,18?/m0/s1. The van der Waals surface area contributed by atoms with E-state index in [-0.39, 0.29) is 29.2 Å². The predicted octanol–water partition coefficient (Wildman–Crippen LogP) is 2.46. The summed E-state index contributed by atoms with van der Waals surface area (Å²) in [5, 5.41) is 22.7. The summed E-state index contributed by atoms with van der Waals surface area (Å²) in [5.41, 5.74) is 2.73. The third-order valence-electron chi connectivity index (χ3n) is 7.01. The Balaban J connectivity index is 1.73. The molecule has 1 aromatic rings. The molecular formula is C23H28N4O3. The molecule has 4 rings (SSSR count). The van der Waals surface area contributed by atoms with E-state index >= 15 is 0 Å². The van der Waals surface area contributed by atoms with Gasteiger partial charge in [0.25, 0.3) is 11.8 Å². The number of benzene rings is 1. The molecular weight excluding hydrogens is 380 g/mol. The summed E-state index contributed by atoms with van der Waals surface area (Å²) < 4.78 is 0. The van der Waals surface area contributed by atoms with Crippen molar-refractivity contribution in [3.05, 3.63) is 46.3 Å². The molecule has 2 atom stereocenters. The van der Waals surface area contributed by atoms with Crippen molar-refractivity contribution in [3.63, 3.8) is 0 Å². The molecule has 2 N–H and O–H groups in total. The summed E-state index contributed by atoms with van der Waals surface area (Å²) >= 11 is 0. The number of hydrogen-bond donors (Lipinski definition) is 2. The number of likely N-dealkylation sites (N-methyl/N-ethyl adjacent to an activating group) is 1. The first-order valence-electron chi connectivity index (χ1n) is 10.6. The number of piperazine rings is 1. The molecule has 30 heavy (non-hydrogen) atoms. The number of nitrogens with one attached hydrogen (secondary N) is 1. The number of nitrogens with zero attached hydrogens (tertiary/aromatic N) is 3. The Bertz CT molecular complexity index is 971. The summed E-state index contributed by atoms with van der Waals surface area (Å²) in [4.78, 5) is 28.8. The van der Waals surface area contributed by atoms with Gasteiger partial charge >= 0.3 is 0 Å². The zero-order valence-electron chi connectivity index (χ0n) is 17.7. The molecule has 3 aliphatic rings. The minimum Gasteiger partial charge on any atom is -0.501 e. The van der Waals surface area contributed by atoms with E-state index in [1.165, 1.54) is 0 Å². The summed E-state index contributed by atoms with van der Waals surface area (Å²) in [6.07, 6.45) is 4.36. The Kier molecular flexibility index (Phi) is 4.97. The van der Waals surface area contributed by atoms with Crippen LogP contribution in [0.25, 0.3) is 0 Å². The number of carbonyl (C=O) groups is 2. The fraction of sp³-hybridized carbons (Fsp3) is 0.522. The van der Waals surface area contributed by atoms with Crippen LogP contribution >= 0.6 is 0 Å². The second-order valence-electron chi connectivity index (χ2n) is 8.99. The minimum atomic E-state index is -0.599. The average Bonchev–Trinajstić information content (AvgIpc) is 3.19. The van der Waals surface area contributed by atoms with Crippen LogP contribution in [0.1, 0.15) is 55.7 Å². The Hall–Kier alpha value is -3.01. The number of aliphatic hydroxyl groups excluding tert-OH is 1. The van der Waals surface area contributed by atoms with Crippen LogP contribution in [-0.4, -0.2) is 52.5 Å². The summed E-state index contributed by atoms with van der Waals surface area (Å²) in [6.45, 7) is 4.50. The third kappa shape index (κ3) is 3.20. The van der Waals surface area contributed by atoms with Crippen molar-refractivity contribution in [2.75, 3.05) is 13.6 Å². The van der Waals surface area contributed by atoms with Crippen LogP contribution in [0.2, 0.25) is 0 Å². The Morgan fingerprint density at radius 3 is 2.63 bits per heavy atom. The van der Waals surface area contributed by atoms with Gasteiger partial charge in [0.15, 0.2) is 5.70 Å². The summed E-state index contributed by atoms with van der Waals surface area (Å²) in [6, 6.07) is 8.22. The lowest BCUT2D eigenvalue weighted by Gasteiger charge is -2.48. The van der Waals surface area contributed by atoms with Crippen LogP contribution in [0.15, 0.2) is 29.7 Å². The molecule has 2 fully saturated rings. The summed E-state index contributed by atoms with van der Waals surface area (Å²) in [7, 11) is 1.70. The van der Waals surface area contributed by atoms with Gasteiger partial charge in [0.1, 0.15) is 6.17 Å². The Morgan fingerprint density at radius 2 is 1.97 bits per heavy atom. The van der Waals surface area contributed by atoms with Gasteiger partial charge in [0.2, 0.25) is 5.76 Å². The lowest BCUT2D eigenvalue weighted by Crippen LogP contribution is -2.63. The molecule has 1 unspecified atom stereocenters. The van der Waals surface area contributed by atoms with Crippen molar-refractivity contribution in [1.29, 1.82) is 5.26 Å². The van der Waals surface area contributed by atoms with E-state index in [0.717, 1.165) is 36.8 Å². The van der Waals surface area contributed by atoms with Gasteiger partial charge in [-0.05, 0) is 61.8 Å². The number of aliphatic hydroxyl groups is 1. The van der Waals surface area contributed by atoms with E-state index in [4.69, 9.17) is 0 Å². The molecule has 1 saturated carbocycles. The van der Waals surface area contributed by atoms with Crippen LogP contribution in [0.5, 0.6) is 0 Å². The number of amides is 2. The van der Waals surface area contributed by atoms with E-state index in [1.54, 1.807) is 11.9 Å². The first-order valence-corrected chi connectivity index (χ1v) is 10.6. The van der Waals surface area contributed by atoms with Gasteiger partial charge in [-0.25, -0.2) is 0 Å². The number of hydrogen-bond acceptors (Lipinski definition) is 5. The highest BCUT2D eigenvalue weighted by Crippen LogP contribution is 2.46. The van der Waals surface area contributed by atoms with Crippen LogP contribution in [0, 0.1) is 18.3 Å². The molecule has 0 aromatic heterocycles.